The maximum absolute atomic E-state index is 13.3. The topological polar surface area (TPSA) is 107 Å². The summed E-state index contributed by atoms with van der Waals surface area (Å²) in [5.41, 5.74) is 5.61. The fourth-order valence-electron chi connectivity index (χ4n) is 5.05. The zero-order chi connectivity index (χ0) is 22.3. The molecule has 3 aliphatic rings. The summed E-state index contributed by atoms with van der Waals surface area (Å²) in [5, 5.41) is 16.1. The summed E-state index contributed by atoms with van der Waals surface area (Å²) in [6, 6.07) is 1.09. The second-order valence-corrected chi connectivity index (χ2v) is 11.3. The number of ether oxygens (including phenoxy) is 1. The Hall–Kier alpha value is -2.17. The Bertz CT molecular complexity index is 1120. The molecule has 32 heavy (non-hydrogen) atoms. The molecule has 2 heterocycles. The monoisotopic (exact) mass is 475 g/mol. The zero-order valence-corrected chi connectivity index (χ0v) is 19.7. The van der Waals surface area contributed by atoms with Crippen LogP contribution in [0.3, 0.4) is 0 Å². The van der Waals surface area contributed by atoms with E-state index in [1.54, 1.807) is 6.20 Å². The summed E-state index contributed by atoms with van der Waals surface area (Å²) in [6.07, 6.45) is 8.62. The molecule has 1 aliphatic heterocycles. The number of fused-ring (bicyclic) bond motifs is 2. The molecule has 2 aliphatic carbocycles. The standard InChI is InChI=1S/C22H28N4O4S2/c1-14-13-23-22(31-14)26(17-8-10-30-11-9-17)32(28,29)25-21(27)24-20-18-6-2-4-15(18)12-16-5-3-7-19(16)20/h12-13,17H,2-11H2,1H3,(H2,24,25,27)/p-1. The molecule has 10 heteroatoms. The predicted molar refractivity (Wildman–Crippen MR) is 124 cm³/mol. The molecular formula is C22H27N4O4S2-. The van der Waals surface area contributed by atoms with Crippen molar-refractivity contribution in [2.24, 2.45) is 4.40 Å². The van der Waals surface area contributed by atoms with Crippen molar-refractivity contribution >= 4 is 38.4 Å². The molecule has 0 bridgehead atoms. The molecule has 0 amide bonds. The van der Waals surface area contributed by atoms with Gasteiger partial charge in [0.1, 0.15) is 0 Å². The van der Waals surface area contributed by atoms with Gasteiger partial charge in [-0.3, -0.25) is 0 Å². The highest BCUT2D eigenvalue weighted by atomic mass is 32.2. The summed E-state index contributed by atoms with van der Waals surface area (Å²) in [6.45, 7) is 2.81. The molecule has 0 atom stereocenters. The lowest BCUT2D eigenvalue weighted by atomic mass is 9.99. The van der Waals surface area contributed by atoms with Gasteiger partial charge in [-0.15, -0.1) is 15.7 Å². The molecule has 0 saturated carbocycles. The van der Waals surface area contributed by atoms with Crippen LogP contribution in [-0.2, 0) is 40.6 Å². The van der Waals surface area contributed by atoms with Crippen LogP contribution in [0.15, 0.2) is 16.7 Å². The molecule has 1 aromatic carbocycles. The number of anilines is 2. The molecule has 1 aromatic heterocycles. The molecule has 5 rings (SSSR count). The first-order chi connectivity index (χ1) is 15.4. The molecule has 1 fully saturated rings. The van der Waals surface area contributed by atoms with Crippen LogP contribution in [0.5, 0.6) is 0 Å². The van der Waals surface area contributed by atoms with Gasteiger partial charge in [0, 0.05) is 30.0 Å². The van der Waals surface area contributed by atoms with Gasteiger partial charge in [-0.05, 0) is 80.5 Å². The maximum Gasteiger partial charge on any atom is 0.347 e. The highest BCUT2D eigenvalue weighted by Crippen LogP contribution is 2.38. The van der Waals surface area contributed by atoms with Crippen LogP contribution in [0, 0.1) is 6.92 Å². The minimum Gasteiger partial charge on any atom is -0.845 e. The molecule has 172 valence electrons. The fraction of sp³-hybridized carbons (Fsp3) is 0.545. The summed E-state index contributed by atoms with van der Waals surface area (Å²) in [4.78, 5) is 5.17. The number of aryl methyl sites for hydroxylation is 3. The van der Waals surface area contributed by atoms with Crippen LogP contribution in [0.4, 0.5) is 10.8 Å². The van der Waals surface area contributed by atoms with E-state index in [9.17, 15) is 13.5 Å². The van der Waals surface area contributed by atoms with Gasteiger partial charge >= 0.3 is 10.2 Å². The van der Waals surface area contributed by atoms with E-state index < -0.39 is 16.2 Å². The average molecular weight is 476 g/mol. The summed E-state index contributed by atoms with van der Waals surface area (Å²) in [5.74, 6) is 0. The third-order valence-corrected chi connectivity index (χ3v) is 8.86. The number of nitrogens with one attached hydrogen (secondary N) is 1. The number of aromatic nitrogens is 1. The Morgan fingerprint density at radius 1 is 1.19 bits per heavy atom. The van der Waals surface area contributed by atoms with Gasteiger partial charge in [0.25, 0.3) is 0 Å². The number of benzene rings is 1. The summed E-state index contributed by atoms with van der Waals surface area (Å²) < 4.78 is 37.0. The van der Waals surface area contributed by atoms with Crippen molar-refractivity contribution in [2.45, 2.75) is 64.3 Å². The van der Waals surface area contributed by atoms with E-state index in [0.29, 0.717) is 31.2 Å². The number of hydrogen-bond donors (Lipinski definition) is 1. The maximum atomic E-state index is 13.3. The minimum absolute atomic E-state index is 0.332. The largest absolute Gasteiger partial charge is 0.845 e. The van der Waals surface area contributed by atoms with Crippen molar-refractivity contribution in [3.63, 3.8) is 0 Å². The lowest BCUT2D eigenvalue weighted by Crippen LogP contribution is -2.44. The Kier molecular flexibility index (Phi) is 5.85. The van der Waals surface area contributed by atoms with Crippen molar-refractivity contribution in [3.8, 4) is 0 Å². The van der Waals surface area contributed by atoms with Crippen molar-refractivity contribution in [3.05, 3.63) is 39.4 Å². The van der Waals surface area contributed by atoms with Gasteiger partial charge in [0.2, 0.25) is 5.13 Å². The molecule has 0 radical (unpaired) electrons. The van der Waals surface area contributed by atoms with Gasteiger partial charge in [-0.2, -0.15) is 8.42 Å². The first kappa shape index (κ1) is 21.7. The number of thiazole rings is 1. The average Bonchev–Trinajstić information content (AvgIpc) is 3.49. The van der Waals surface area contributed by atoms with Crippen molar-refractivity contribution in [1.29, 1.82) is 0 Å². The third kappa shape index (κ3) is 4.11. The number of nitrogens with zero attached hydrogens (tertiary/aromatic N) is 3. The molecule has 1 N–H and O–H groups in total. The fourth-order valence-corrected chi connectivity index (χ4v) is 7.36. The van der Waals surface area contributed by atoms with Gasteiger partial charge < -0.3 is 15.2 Å². The highest BCUT2D eigenvalue weighted by Gasteiger charge is 2.33. The Morgan fingerprint density at radius 3 is 2.44 bits per heavy atom. The Labute approximate surface area is 192 Å². The smallest absolute Gasteiger partial charge is 0.347 e. The second kappa shape index (κ2) is 8.64. The van der Waals surface area contributed by atoms with Crippen molar-refractivity contribution in [1.82, 2.24) is 4.98 Å². The van der Waals surface area contributed by atoms with Crippen molar-refractivity contribution in [2.75, 3.05) is 22.8 Å². The lowest BCUT2D eigenvalue weighted by Gasteiger charge is -2.32. The molecule has 0 unspecified atom stereocenters. The van der Waals surface area contributed by atoms with Gasteiger partial charge in [0.05, 0.1) is 12.1 Å². The van der Waals surface area contributed by atoms with E-state index in [2.05, 4.69) is 20.8 Å². The van der Waals surface area contributed by atoms with Crippen LogP contribution < -0.4 is 14.7 Å². The van der Waals surface area contributed by atoms with E-state index in [0.717, 1.165) is 60.2 Å². The Balaban J connectivity index is 1.48. The highest BCUT2D eigenvalue weighted by molar-refractivity contribution is 7.91. The zero-order valence-electron chi connectivity index (χ0n) is 18.1. The van der Waals surface area contributed by atoms with Gasteiger partial charge in [-0.1, -0.05) is 6.07 Å². The van der Waals surface area contributed by atoms with Crippen LogP contribution in [0.1, 0.15) is 52.8 Å². The van der Waals surface area contributed by atoms with E-state index in [1.807, 2.05) is 6.92 Å². The minimum atomic E-state index is -4.27. The summed E-state index contributed by atoms with van der Waals surface area (Å²) >= 11 is 1.28. The molecule has 8 nitrogen and oxygen atoms in total. The molecule has 2 aromatic rings. The van der Waals surface area contributed by atoms with Crippen LogP contribution in [0.2, 0.25) is 0 Å². The number of hydrogen-bond acceptors (Lipinski definition) is 6. The van der Waals surface area contributed by atoms with Gasteiger partial charge in [0.15, 0.2) is 0 Å². The van der Waals surface area contributed by atoms with E-state index in [-0.39, 0.29) is 6.04 Å². The van der Waals surface area contributed by atoms with E-state index in [1.165, 1.54) is 26.8 Å². The van der Waals surface area contributed by atoms with Crippen molar-refractivity contribution < 1.29 is 18.3 Å². The van der Waals surface area contributed by atoms with E-state index >= 15 is 0 Å². The second-order valence-electron chi connectivity index (χ2n) is 8.63. The molecule has 1 saturated heterocycles. The summed E-state index contributed by atoms with van der Waals surface area (Å²) in [7, 11) is -4.27. The SMILES string of the molecule is Cc1cnc(N(C2CCOCC2)S(=O)(=O)/N=C(\[O-])Nc2c3c(cc4c2CCC4)CCC3)s1. The molecular weight excluding hydrogens is 448 g/mol. The Morgan fingerprint density at radius 2 is 1.84 bits per heavy atom. The predicted octanol–water partition coefficient (Wildman–Crippen LogP) is 2.49. The van der Waals surface area contributed by atoms with E-state index in [4.69, 9.17) is 4.74 Å². The number of amidine groups is 1. The number of rotatable bonds is 5. The van der Waals surface area contributed by atoms with Crippen LogP contribution >= 0.6 is 11.3 Å². The van der Waals surface area contributed by atoms with Crippen LogP contribution in [-0.4, -0.2) is 38.7 Å². The lowest BCUT2D eigenvalue weighted by molar-refractivity contribution is -0.213. The van der Waals surface area contributed by atoms with Gasteiger partial charge in [-0.25, -0.2) is 9.29 Å². The third-order valence-electron chi connectivity index (χ3n) is 6.47. The quantitative estimate of drug-likeness (QED) is 0.526. The first-order valence-electron chi connectivity index (χ1n) is 11.2. The molecule has 0 spiro atoms. The van der Waals surface area contributed by atoms with Crippen LogP contribution in [0.25, 0.3) is 0 Å². The first-order valence-corrected chi connectivity index (χ1v) is 13.4. The normalized spacial score (nSPS) is 19.1.